The molecule has 0 aromatic heterocycles. The molecule has 0 saturated carbocycles. The van der Waals surface area contributed by atoms with E-state index < -0.39 is 12.0 Å². The molecular formula is C16H17NO3. The van der Waals surface area contributed by atoms with E-state index in [1.165, 1.54) is 6.07 Å². The monoisotopic (exact) mass is 271 g/mol. The lowest BCUT2D eigenvalue weighted by Crippen LogP contribution is -2.28. The lowest BCUT2D eigenvalue weighted by atomic mass is 10.0. The van der Waals surface area contributed by atoms with Crippen molar-refractivity contribution in [1.82, 2.24) is 5.32 Å². The molecule has 1 atom stereocenters. The number of carboxylic acid groups (broad SMARTS) is 1. The molecule has 0 fully saturated rings. The first-order valence-corrected chi connectivity index (χ1v) is 6.37. The lowest BCUT2D eigenvalue weighted by Gasteiger charge is -2.16. The number of carbonyl (C=O) groups is 1. The van der Waals surface area contributed by atoms with Gasteiger partial charge in [-0.1, -0.05) is 48.0 Å². The summed E-state index contributed by atoms with van der Waals surface area (Å²) in [5, 5.41) is 22.2. The molecule has 20 heavy (non-hydrogen) atoms. The zero-order valence-electron chi connectivity index (χ0n) is 11.2. The van der Waals surface area contributed by atoms with Gasteiger partial charge in [0.1, 0.15) is 11.8 Å². The van der Waals surface area contributed by atoms with E-state index in [1.54, 1.807) is 12.1 Å². The molecule has 0 heterocycles. The van der Waals surface area contributed by atoms with Gasteiger partial charge in [0.2, 0.25) is 0 Å². The number of hydrogen-bond acceptors (Lipinski definition) is 3. The van der Waals surface area contributed by atoms with Crippen molar-refractivity contribution in [2.45, 2.75) is 19.5 Å². The molecule has 0 amide bonds. The largest absolute Gasteiger partial charge is 0.508 e. The fourth-order valence-electron chi connectivity index (χ4n) is 2.05. The second-order valence-electron chi connectivity index (χ2n) is 4.70. The number of benzene rings is 2. The first-order chi connectivity index (χ1) is 9.58. The highest BCUT2D eigenvalue weighted by Crippen LogP contribution is 2.25. The van der Waals surface area contributed by atoms with Gasteiger partial charge in [0.15, 0.2) is 0 Å². The van der Waals surface area contributed by atoms with Gasteiger partial charge in [-0.3, -0.25) is 10.1 Å². The maximum Gasteiger partial charge on any atom is 0.325 e. The Morgan fingerprint density at radius 1 is 1.20 bits per heavy atom. The Morgan fingerprint density at radius 3 is 2.55 bits per heavy atom. The van der Waals surface area contributed by atoms with Gasteiger partial charge in [-0.2, -0.15) is 0 Å². The molecule has 2 aromatic carbocycles. The zero-order valence-corrected chi connectivity index (χ0v) is 11.2. The third kappa shape index (κ3) is 3.36. The van der Waals surface area contributed by atoms with Crippen molar-refractivity contribution in [2.75, 3.05) is 0 Å². The maximum absolute atomic E-state index is 11.4. The number of aryl methyl sites for hydroxylation is 1. The van der Waals surface area contributed by atoms with Crippen LogP contribution in [0.1, 0.15) is 22.7 Å². The quantitative estimate of drug-likeness (QED) is 0.782. The van der Waals surface area contributed by atoms with E-state index in [0.29, 0.717) is 12.1 Å². The van der Waals surface area contributed by atoms with E-state index in [0.717, 1.165) is 11.1 Å². The Morgan fingerprint density at radius 2 is 1.90 bits per heavy atom. The van der Waals surface area contributed by atoms with Gasteiger partial charge in [-0.25, -0.2) is 0 Å². The van der Waals surface area contributed by atoms with E-state index in [-0.39, 0.29) is 5.75 Å². The van der Waals surface area contributed by atoms with Crippen molar-refractivity contribution in [3.05, 3.63) is 65.2 Å². The first kappa shape index (κ1) is 14.1. The van der Waals surface area contributed by atoms with Gasteiger partial charge < -0.3 is 10.2 Å². The smallest absolute Gasteiger partial charge is 0.325 e. The number of phenolic OH excluding ortho intramolecular Hbond substituents is 1. The summed E-state index contributed by atoms with van der Waals surface area (Å²) in [5.74, 6) is -1.02. The third-order valence-corrected chi connectivity index (χ3v) is 3.09. The minimum Gasteiger partial charge on any atom is -0.508 e. The third-order valence-electron chi connectivity index (χ3n) is 3.09. The number of carboxylic acids is 1. The number of rotatable bonds is 5. The Hall–Kier alpha value is -2.33. The summed E-state index contributed by atoms with van der Waals surface area (Å²) < 4.78 is 0. The average Bonchev–Trinajstić information content (AvgIpc) is 2.43. The molecular weight excluding hydrogens is 254 g/mol. The summed E-state index contributed by atoms with van der Waals surface area (Å²) >= 11 is 0. The SMILES string of the molecule is Cc1ccc(O)c(C(NCc2ccccc2)C(=O)O)c1. The van der Waals surface area contributed by atoms with Crippen molar-refractivity contribution in [2.24, 2.45) is 0 Å². The van der Waals surface area contributed by atoms with E-state index in [9.17, 15) is 15.0 Å². The predicted molar refractivity (Wildman–Crippen MR) is 76.5 cm³/mol. The van der Waals surface area contributed by atoms with Crippen LogP contribution in [0.15, 0.2) is 48.5 Å². The molecule has 2 rings (SSSR count). The minimum atomic E-state index is -1.01. The van der Waals surface area contributed by atoms with Crippen LogP contribution >= 0.6 is 0 Å². The molecule has 104 valence electrons. The van der Waals surface area contributed by atoms with Gasteiger partial charge in [0.25, 0.3) is 0 Å². The summed E-state index contributed by atoms with van der Waals surface area (Å²) in [6, 6.07) is 13.6. The van der Waals surface area contributed by atoms with Crippen LogP contribution in [0.2, 0.25) is 0 Å². The molecule has 4 heteroatoms. The van der Waals surface area contributed by atoms with Gasteiger partial charge in [0, 0.05) is 12.1 Å². The summed E-state index contributed by atoms with van der Waals surface area (Å²) in [7, 11) is 0. The highest BCUT2D eigenvalue weighted by Gasteiger charge is 2.22. The molecule has 0 aliphatic heterocycles. The summed E-state index contributed by atoms with van der Waals surface area (Å²) in [6.07, 6.45) is 0. The molecule has 0 aliphatic rings. The summed E-state index contributed by atoms with van der Waals surface area (Å²) in [4.78, 5) is 11.4. The Balaban J connectivity index is 2.19. The van der Waals surface area contributed by atoms with E-state index >= 15 is 0 Å². The van der Waals surface area contributed by atoms with Crippen LogP contribution < -0.4 is 5.32 Å². The molecule has 0 spiro atoms. The normalized spacial score (nSPS) is 12.1. The van der Waals surface area contributed by atoms with Gasteiger partial charge in [-0.15, -0.1) is 0 Å². The number of aliphatic carboxylic acids is 1. The molecule has 0 bridgehead atoms. The highest BCUT2D eigenvalue weighted by molar-refractivity contribution is 5.76. The fraction of sp³-hybridized carbons (Fsp3) is 0.188. The standard InChI is InChI=1S/C16H17NO3/c1-11-7-8-14(18)13(9-11)15(16(19)20)17-10-12-5-3-2-4-6-12/h2-9,15,17-18H,10H2,1H3,(H,19,20). The van der Waals surface area contributed by atoms with Crippen molar-refractivity contribution >= 4 is 5.97 Å². The van der Waals surface area contributed by atoms with E-state index in [4.69, 9.17) is 0 Å². The molecule has 1 unspecified atom stereocenters. The van der Waals surface area contributed by atoms with E-state index in [2.05, 4.69) is 5.32 Å². The molecule has 3 N–H and O–H groups in total. The fourth-order valence-corrected chi connectivity index (χ4v) is 2.05. The van der Waals surface area contributed by atoms with Crippen LogP contribution in [-0.2, 0) is 11.3 Å². The average molecular weight is 271 g/mol. The van der Waals surface area contributed by atoms with Crippen LogP contribution in [0, 0.1) is 6.92 Å². The number of aromatic hydroxyl groups is 1. The first-order valence-electron chi connectivity index (χ1n) is 6.37. The van der Waals surface area contributed by atoms with Gasteiger partial charge in [0.05, 0.1) is 0 Å². The van der Waals surface area contributed by atoms with Crippen LogP contribution in [-0.4, -0.2) is 16.2 Å². The maximum atomic E-state index is 11.4. The molecule has 0 aliphatic carbocycles. The molecule has 0 saturated heterocycles. The van der Waals surface area contributed by atoms with Gasteiger partial charge >= 0.3 is 5.97 Å². The minimum absolute atomic E-state index is 0.0106. The van der Waals surface area contributed by atoms with Crippen molar-refractivity contribution in [1.29, 1.82) is 0 Å². The van der Waals surface area contributed by atoms with Crippen molar-refractivity contribution in [3.63, 3.8) is 0 Å². The second-order valence-corrected chi connectivity index (χ2v) is 4.70. The second kappa shape index (κ2) is 6.21. The van der Waals surface area contributed by atoms with Crippen LogP contribution in [0.3, 0.4) is 0 Å². The predicted octanol–water partition coefficient (Wildman–Crippen LogP) is 2.62. The summed E-state index contributed by atoms with van der Waals surface area (Å²) in [5.41, 5.74) is 2.28. The Labute approximate surface area is 117 Å². The number of phenols is 1. The number of hydrogen-bond donors (Lipinski definition) is 3. The Bertz CT molecular complexity index is 596. The van der Waals surface area contributed by atoms with Crippen molar-refractivity contribution in [3.8, 4) is 5.75 Å². The molecule has 0 radical (unpaired) electrons. The summed E-state index contributed by atoms with van der Waals surface area (Å²) in [6.45, 7) is 2.28. The molecule has 2 aromatic rings. The number of nitrogens with one attached hydrogen (secondary N) is 1. The van der Waals surface area contributed by atoms with Crippen LogP contribution in [0.4, 0.5) is 0 Å². The topological polar surface area (TPSA) is 69.6 Å². The Kier molecular flexibility index (Phi) is 4.38. The highest BCUT2D eigenvalue weighted by atomic mass is 16.4. The van der Waals surface area contributed by atoms with Crippen LogP contribution in [0.25, 0.3) is 0 Å². The van der Waals surface area contributed by atoms with Crippen LogP contribution in [0.5, 0.6) is 5.75 Å². The lowest BCUT2D eigenvalue weighted by molar-refractivity contribution is -0.139. The zero-order chi connectivity index (χ0) is 14.5. The van der Waals surface area contributed by atoms with Gasteiger partial charge in [-0.05, 0) is 18.6 Å². The molecule has 4 nitrogen and oxygen atoms in total. The van der Waals surface area contributed by atoms with E-state index in [1.807, 2.05) is 37.3 Å². The van der Waals surface area contributed by atoms with Crippen molar-refractivity contribution < 1.29 is 15.0 Å².